The van der Waals surface area contributed by atoms with Gasteiger partial charge in [-0.2, -0.15) is 0 Å². The molecule has 0 bridgehead atoms. The summed E-state index contributed by atoms with van der Waals surface area (Å²) in [6.45, 7) is 0. The van der Waals surface area contributed by atoms with Crippen LogP contribution < -0.4 is 0 Å². The van der Waals surface area contributed by atoms with Gasteiger partial charge in [0.25, 0.3) is 0 Å². The van der Waals surface area contributed by atoms with Crippen LogP contribution in [0.2, 0.25) is 0 Å². The minimum Gasteiger partial charge on any atom is -0.309 e. The van der Waals surface area contributed by atoms with Gasteiger partial charge in [0.05, 0.1) is 33.1 Å². The average molecular weight is 700 g/mol. The van der Waals surface area contributed by atoms with E-state index in [0.717, 1.165) is 11.4 Å². The van der Waals surface area contributed by atoms with Gasteiger partial charge in [0, 0.05) is 49.4 Å². The van der Waals surface area contributed by atoms with Crippen molar-refractivity contribution >= 4 is 76.2 Å². The van der Waals surface area contributed by atoms with Gasteiger partial charge in [-0.3, -0.25) is 0 Å². The topological polar surface area (TPSA) is 14.8 Å². The smallest absolute Gasteiger partial charge is 0.0547 e. The summed E-state index contributed by atoms with van der Waals surface area (Å²) in [6.07, 6.45) is 0. The first-order chi connectivity index (χ1) is 27.3. The summed E-state index contributed by atoms with van der Waals surface area (Å²) in [5.74, 6) is 0. The third-order valence-electron chi connectivity index (χ3n) is 11.6. The molecule has 0 fully saturated rings. The Balaban J connectivity index is 1.07. The van der Waals surface area contributed by atoms with Crippen LogP contribution in [0.4, 0.5) is 0 Å². The number of nitrogens with zero attached hydrogens (tertiary/aromatic N) is 3. The van der Waals surface area contributed by atoms with E-state index in [1.165, 1.54) is 93.0 Å². The zero-order valence-electron chi connectivity index (χ0n) is 29.9. The summed E-state index contributed by atoms with van der Waals surface area (Å²) >= 11 is 0. The zero-order chi connectivity index (χ0) is 36.0. The van der Waals surface area contributed by atoms with Gasteiger partial charge in [0.1, 0.15) is 0 Å². The molecule has 0 spiro atoms. The highest BCUT2D eigenvalue weighted by Gasteiger charge is 2.19. The molecular formula is C52H33N3. The first kappa shape index (κ1) is 30.1. The number of benzene rings is 9. The highest BCUT2D eigenvalue weighted by atomic mass is 15.0. The molecule has 0 saturated carbocycles. The van der Waals surface area contributed by atoms with Crippen molar-refractivity contribution in [2.24, 2.45) is 0 Å². The van der Waals surface area contributed by atoms with Gasteiger partial charge in [0.15, 0.2) is 0 Å². The normalized spacial score (nSPS) is 12.0. The summed E-state index contributed by atoms with van der Waals surface area (Å²) in [7, 11) is 0. The lowest BCUT2D eigenvalue weighted by Crippen LogP contribution is -1.95. The van der Waals surface area contributed by atoms with Crippen LogP contribution in [0.1, 0.15) is 0 Å². The lowest BCUT2D eigenvalue weighted by molar-refractivity contribution is 1.17. The Bertz CT molecular complexity index is 3470. The van der Waals surface area contributed by atoms with Gasteiger partial charge >= 0.3 is 0 Å². The monoisotopic (exact) mass is 699 g/mol. The fourth-order valence-corrected chi connectivity index (χ4v) is 9.21. The second-order valence-electron chi connectivity index (χ2n) is 14.6. The molecule has 0 aliphatic heterocycles. The second-order valence-corrected chi connectivity index (χ2v) is 14.6. The molecule has 12 rings (SSSR count). The molecular weight excluding hydrogens is 667 g/mol. The van der Waals surface area contributed by atoms with Crippen molar-refractivity contribution in [1.82, 2.24) is 13.7 Å². The van der Waals surface area contributed by atoms with Gasteiger partial charge < -0.3 is 13.7 Å². The van der Waals surface area contributed by atoms with E-state index in [9.17, 15) is 0 Å². The second kappa shape index (κ2) is 11.6. The van der Waals surface area contributed by atoms with Crippen molar-refractivity contribution < 1.29 is 0 Å². The number of hydrogen-bond donors (Lipinski definition) is 0. The summed E-state index contributed by atoms with van der Waals surface area (Å²) in [6, 6.07) is 73.2. The summed E-state index contributed by atoms with van der Waals surface area (Å²) in [4.78, 5) is 0. The first-order valence-electron chi connectivity index (χ1n) is 18.9. The molecule has 3 heteroatoms. The standard InChI is InChI=1S/C52H33N3/c1-3-14-37(15-4-1)53-46-21-11-9-19-41(46)43-31-35(24-27-48(43)53)36-25-28-49-44(32-36)42-20-10-12-22-47(42)55(49)39-26-30-50-45(33-39)52-40-18-8-7-13-34(40)23-29-51(52)54(50)38-16-5-2-6-17-38/h1-33H. The zero-order valence-corrected chi connectivity index (χ0v) is 29.9. The van der Waals surface area contributed by atoms with Gasteiger partial charge in [-0.05, 0) is 107 Å². The summed E-state index contributed by atoms with van der Waals surface area (Å²) < 4.78 is 7.23. The fraction of sp³-hybridized carbons (Fsp3) is 0. The third kappa shape index (κ3) is 4.38. The highest BCUT2D eigenvalue weighted by Crippen LogP contribution is 2.41. The number of aromatic nitrogens is 3. The maximum atomic E-state index is 2.45. The lowest BCUT2D eigenvalue weighted by Gasteiger charge is -2.11. The summed E-state index contributed by atoms with van der Waals surface area (Å²) in [5.41, 5.74) is 13.2. The van der Waals surface area contributed by atoms with Crippen molar-refractivity contribution in [2.75, 3.05) is 0 Å². The van der Waals surface area contributed by atoms with Crippen LogP contribution in [0.25, 0.3) is 104 Å². The van der Waals surface area contributed by atoms with Crippen molar-refractivity contribution in [3.63, 3.8) is 0 Å². The molecule has 0 aliphatic rings. The van der Waals surface area contributed by atoms with E-state index < -0.39 is 0 Å². The minimum atomic E-state index is 1.15. The average Bonchev–Trinajstić information content (AvgIpc) is 3.89. The third-order valence-corrected chi connectivity index (χ3v) is 11.6. The first-order valence-corrected chi connectivity index (χ1v) is 18.9. The predicted molar refractivity (Wildman–Crippen MR) is 232 cm³/mol. The SMILES string of the molecule is c1ccc(-n2c3ccccc3c3cc(-c4ccc5c(c4)c4ccccc4n5-c4ccc5c(c4)c4c6ccccc6ccc4n5-c4ccccc4)ccc32)cc1. The van der Waals surface area contributed by atoms with E-state index in [1.54, 1.807) is 0 Å². The molecule has 12 aromatic rings. The van der Waals surface area contributed by atoms with Crippen LogP contribution in [0.3, 0.4) is 0 Å². The Morgan fingerprint density at radius 1 is 0.236 bits per heavy atom. The fourth-order valence-electron chi connectivity index (χ4n) is 9.21. The molecule has 256 valence electrons. The number of para-hydroxylation sites is 4. The number of rotatable bonds is 4. The van der Waals surface area contributed by atoms with Crippen molar-refractivity contribution in [1.29, 1.82) is 0 Å². The molecule has 3 heterocycles. The van der Waals surface area contributed by atoms with Gasteiger partial charge in [-0.1, -0.05) is 115 Å². The van der Waals surface area contributed by atoms with Crippen LogP contribution in [-0.2, 0) is 0 Å². The van der Waals surface area contributed by atoms with Crippen molar-refractivity contribution in [3.8, 4) is 28.2 Å². The molecule has 55 heavy (non-hydrogen) atoms. The molecule has 0 N–H and O–H groups in total. The molecule has 0 atom stereocenters. The van der Waals surface area contributed by atoms with Gasteiger partial charge in [-0.25, -0.2) is 0 Å². The van der Waals surface area contributed by atoms with Crippen molar-refractivity contribution in [2.45, 2.75) is 0 Å². The molecule has 9 aromatic carbocycles. The molecule has 0 unspecified atom stereocenters. The number of hydrogen-bond acceptors (Lipinski definition) is 0. The molecule has 0 aliphatic carbocycles. The van der Waals surface area contributed by atoms with Crippen LogP contribution in [-0.4, -0.2) is 13.7 Å². The number of fused-ring (bicyclic) bond motifs is 11. The van der Waals surface area contributed by atoms with Gasteiger partial charge in [0.2, 0.25) is 0 Å². The van der Waals surface area contributed by atoms with Gasteiger partial charge in [-0.15, -0.1) is 0 Å². The molecule has 0 amide bonds. The maximum absolute atomic E-state index is 2.45. The Kier molecular flexibility index (Phi) is 6.34. The van der Waals surface area contributed by atoms with Crippen LogP contribution in [0.5, 0.6) is 0 Å². The quantitative estimate of drug-likeness (QED) is 0.174. The molecule has 3 nitrogen and oxygen atoms in total. The largest absolute Gasteiger partial charge is 0.309 e. The van der Waals surface area contributed by atoms with Crippen LogP contribution in [0, 0.1) is 0 Å². The molecule has 0 radical (unpaired) electrons. The minimum absolute atomic E-state index is 1.15. The lowest BCUT2D eigenvalue weighted by atomic mass is 10.0. The Hall–Kier alpha value is -7.36. The Morgan fingerprint density at radius 2 is 0.673 bits per heavy atom. The van der Waals surface area contributed by atoms with Crippen molar-refractivity contribution in [3.05, 3.63) is 200 Å². The van der Waals surface area contributed by atoms with E-state index in [2.05, 4.69) is 214 Å². The van der Waals surface area contributed by atoms with E-state index in [4.69, 9.17) is 0 Å². The van der Waals surface area contributed by atoms with Crippen LogP contribution in [0.15, 0.2) is 200 Å². The molecule has 3 aromatic heterocycles. The Morgan fingerprint density at radius 3 is 1.29 bits per heavy atom. The predicted octanol–water partition coefficient (Wildman–Crippen LogP) is 13.8. The van der Waals surface area contributed by atoms with E-state index in [0.29, 0.717) is 0 Å². The molecule has 0 saturated heterocycles. The van der Waals surface area contributed by atoms with Crippen LogP contribution >= 0.6 is 0 Å². The van der Waals surface area contributed by atoms with E-state index in [1.807, 2.05) is 0 Å². The van der Waals surface area contributed by atoms with E-state index >= 15 is 0 Å². The summed E-state index contributed by atoms with van der Waals surface area (Å²) in [5, 5.41) is 10.1. The highest BCUT2D eigenvalue weighted by molar-refractivity contribution is 6.22. The maximum Gasteiger partial charge on any atom is 0.0547 e. The Labute approximate surface area is 317 Å². The van der Waals surface area contributed by atoms with E-state index in [-0.39, 0.29) is 0 Å².